The second kappa shape index (κ2) is 7.85. The van der Waals surface area contributed by atoms with Crippen LogP contribution >= 0.6 is 23.2 Å². The highest BCUT2D eigenvalue weighted by Crippen LogP contribution is 2.41. The van der Waals surface area contributed by atoms with Gasteiger partial charge in [0.1, 0.15) is 0 Å². The van der Waals surface area contributed by atoms with Crippen molar-refractivity contribution in [1.29, 1.82) is 0 Å². The number of hydrogen-bond acceptors (Lipinski definition) is 3. The van der Waals surface area contributed by atoms with Gasteiger partial charge in [-0.1, -0.05) is 53.5 Å². The number of benzene rings is 2. The molecule has 0 heterocycles. The largest absolute Gasteiger partial charge is 0.324 e. The Kier molecular flexibility index (Phi) is 6.28. The van der Waals surface area contributed by atoms with Gasteiger partial charge in [0.15, 0.2) is 0 Å². The van der Waals surface area contributed by atoms with Crippen LogP contribution in [0.1, 0.15) is 41.5 Å². The fourth-order valence-electron chi connectivity index (χ4n) is 2.90. The molecule has 1 aliphatic rings. The van der Waals surface area contributed by atoms with E-state index in [4.69, 9.17) is 33.5 Å². The second-order valence-corrected chi connectivity index (χ2v) is 8.05. The average molecular weight is 388 g/mol. The van der Waals surface area contributed by atoms with Crippen molar-refractivity contribution in [2.45, 2.75) is 24.8 Å². The van der Waals surface area contributed by atoms with Crippen molar-refractivity contribution in [3.05, 3.63) is 69.2 Å². The van der Waals surface area contributed by atoms with Crippen molar-refractivity contribution in [2.75, 3.05) is 6.26 Å². The number of hydrogen-bond donors (Lipinski definition) is 2. The quantitative estimate of drug-likeness (QED) is 0.709. The molecule has 2 aromatic rings. The third kappa shape index (κ3) is 5.19. The number of nitrogens with two attached hydrogens (primary N) is 1. The van der Waals surface area contributed by atoms with Crippen LogP contribution < -0.4 is 5.73 Å². The van der Waals surface area contributed by atoms with Gasteiger partial charge < -0.3 is 5.73 Å². The topological polar surface area (TPSA) is 80.4 Å². The maximum atomic E-state index is 9.19. The fraction of sp³-hybridized carbons (Fsp3) is 0.294. The molecule has 0 fully saturated rings. The monoisotopic (exact) mass is 387 g/mol. The van der Waals surface area contributed by atoms with E-state index in [0.717, 1.165) is 12.8 Å². The molecule has 0 unspecified atom stereocenters. The van der Waals surface area contributed by atoms with Gasteiger partial charge in [-0.15, -0.1) is 0 Å². The first-order valence-electron chi connectivity index (χ1n) is 7.38. The van der Waals surface area contributed by atoms with Crippen LogP contribution in [0.3, 0.4) is 0 Å². The summed E-state index contributed by atoms with van der Waals surface area (Å²) in [6.45, 7) is 0. The third-order valence-electron chi connectivity index (χ3n) is 3.88. The molecule has 0 bridgehead atoms. The van der Waals surface area contributed by atoms with Crippen LogP contribution in [0.15, 0.2) is 42.5 Å². The van der Waals surface area contributed by atoms with Crippen molar-refractivity contribution >= 4 is 33.3 Å². The van der Waals surface area contributed by atoms with Crippen molar-refractivity contribution in [2.24, 2.45) is 5.73 Å². The van der Waals surface area contributed by atoms with Crippen LogP contribution in [0.5, 0.6) is 0 Å². The molecule has 0 spiro atoms. The van der Waals surface area contributed by atoms with E-state index in [-0.39, 0.29) is 6.04 Å². The van der Waals surface area contributed by atoms with Crippen LogP contribution in [0.25, 0.3) is 0 Å². The highest BCUT2D eigenvalue weighted by molar-refractivity contribution is 7.85. The first-order valence-corrected chi connectivity index (χ1v) is 9.99. The van der Waals surface area contributed by atoms with E-state index in [2.05, 4.69) is 30.3 Å². The molecule has 130 valence electrons. The Balaban J connectivity index is 0.000000368. The molecule has 3 rings (SSSR count). The lowest BCUT2D eigenvalue weighted by atomic mass is 9.77. The van der Waals surface area contributed by atoms with Gasteiger partial charge >= 0.3 is 0 Å². The molecule has 0 amide bonds. The van der Waals surface area contributed by atoms with Gasteiger partial charge in [0.05, 0.1) is 16.3 Å². The molecule has 4 nitrogen and oxygen atoms in total. The predicted molar refractivity (Wildman–Crippen MR) is 98.4 cm³/mol. The standard InChI is InChI=1S/C16H15Cl2N.CH4O3S/c17-14-7-5-10(9-15(14)18)11-6-8-16(19)13-4-2-1-3-12(11)13;1-5(2,3)4/h1-5,7,9,11,16H,6,8,19H2;1H3,(H,2,3,4)/t11-,16-;/m0./s1. The zero-order chi connectivity index (χ0) is 17.9. The van der Waals surface area contributed by atoms with Gasteiger partial charge in [-0.2, -0.15) is 8.42 Å². The first-order chi connectivity index (χ1) is 11.2. The van der Waals surface area contributed by atoms with Gasteiger partial charge in [-0.05, 0) is 41.7 Å². The SMILES string of the molecule is CS(=O)(=O)O.N[C@H]1CC[C@@H](c2ccc(Cl)c(Cl)c2)c2ccccc21. The van der Waals surface area contributed by atoms with Crippen molar-refractivity contribution in [3.63, 3.8) is 0 Å². The van der Waals surface area contributed by atoms with E-state index in [0.29, 0.717) is 22.2 Å². The lowest BCUT2D eigenvalue weighted by molar-refractivity contribution is 0.490. The van der Waals surface area contributed by atoms with E-state index >= 15 is 0 Å². The minimum absolute atomic E-state index is 0.148. The minimum atomic E-state index is -3.67. The molecule has 24 heavy (non-hydrogen) atoms. The molecule has 2 aromatic carbocycles. The zero-order valence-electron chi connectivity index (χ0n) is 13.1. The third-order valence-corrected chi connectivity index (χ3v) is 4.62. The highest BCUT2D eigenvalue weighted by Gasteiger charge is 2.26. The van der Waals surface area contributed by atoms with E-state index < -0.39 is 10.1 Å². The molecule has 0 saturated heterocycles. The van der Waals surface area contributed by atoms with Crippen molar-refractivity contribution < 1.29 is 13.0 Å². The van der Waals surface area contributed by atoms with Crippen LogP contribution in [0, 0.1) is 0 Å². The summed E-state index contributed by atoms with van der Waals surface area (Å²) in [6.07, 6.45) is 2.77. The lowest BCUT2D eigenvalue weighted by Gasteiger charge is -2.30. The molecular formula is C17H19Cl2NO3S. The Hall–Kier alpha value is -1.11. The van der Waals surface area contributed by atoms with E-state index in [1.165, 1.54) is 16.7 Å². The Morgan fingerprint density at radius 1 is 1.04 bits per heavy atom. The second-order valence-electron chi connectivity index (χ2n) is 5.77. The van der Waals surface area contributed by atoms with Gasteiger partial charge in [-0.3, -0.25) is 4.55 Å². The summed E-state index contributed by atoms with van der Waals surface area (Å²) in [6, 6.07) is 14.5. The predicted octanol–water partition coefficient (Wildman–Crippen LogP) is 4.42. The summed E-state index contributed by atoms with van der Waals surface area (Å²) >= 11 is 12.1. The van der Waals surface area contributed by atoms with Gasteiger partial charge in [0.25, 0.3) is 10.1 Å². The lowest BCUT2D eigenvalue weighted by Crippen LogP contribution is -2.20. The van der Waals surface area contributed by atoms with Crippen LogP contribution in [0.4, 0.5) is 0 Å². The van der Waals surface area contributed by atoms with Crippen LogP contribution in [0.2, 0.25) is 10.0 Å². The zero-order valence-corrected chi connectivity index (χ0v) is 15.4. The van der Waals surface area contributed by atoms with Crippen LogP contribution in [-0.2, 0) is 10.1 Å². The summed E-state index contributed by atoms with van der Waals surface area (Å²) in [7, 11) is -3.67. The van der Waals surface area contributed by atoms with Gasteiger partial charge in [0.2, 0.25) is 0 Å². The van der Waals surface area contributed by atoms with Crippen molar-refractivity contribution in [3.8, 4) is 0 Å². The minimum Gasteiger partial charge on any atom is -0.324 e. The Labute approximate surface area is 152 Å². The van der Waals surface area contributed by atoms with E-state index in [1.807, 2.05) is 12.1 Å². The molecule has 0 saturated carbocycles. The molecule has 0 aromatic heterocycles. The smallest absolute Gasteiger partial charge is 0.261 e. The fourth-order valence-corrected chi connectivity index (χ4v) is 3.21. The molecule has 0 aliphatic heterocycles. The average Bonchev–Trinajstić information content (AvgIpc) is 2.49. The summed E-state index contributed by atoms with van der Waals surface area (Å²) in [5.41, 5.74) is 9.98. The maximum absolute atomic E-state index is 9.19. The van der Waals surface area contributed by atoms with E-state index in [1.54, 1.807) is 0 Å². The molecule has 2 atom stereocenters. The summed E-state index contributed by atoms with van der Waals surface area (Å²) in [5, 5.41) is 1.22. The molecule has 7 heteroatoms. The van der Waals surface area contributed by atoms with E-state index in [9.17, 15) is 8.42 Å². The molecule has 0 radical (unpaired) electrons. The highest BCUT2D eigenvalue weighted by atomic mass is 35.5. The summed E-state index contributed by atoms with van der Waals surface area (Å²) in [5.74, 6) is 0.366. The molecular weight excluding hydrogens is 369 g/mol. The molecule has 1 aliphatic carbocycles. The Morgan fingerprint density at radius 3 is 2.21 bits per heavy atom. The summed E-state index contributed by atoms with van der Waals surface area (Å²) in [4.78, 5) is 0. The Bertz CT molecular complexity index is 816. The van der Waals surface area contributed by atoms with Gasteiger partial charge in [-0.25, -0.2) is 0 Å². The Morgan fingerprint density at radius 2 is 1.62 bits per heavy atom. The van der Waals surface area contributed by atoms with Crippen molar-refractivity contribution in [1.82, 2.24) is 0 Å². The first kappa shape index (κ1) is 19.2. The van der Waals surface area contributed by atoms with Crippen LogP contribution in [-0.4, -0.2) is 19.2 Å². The number of fused-ring (bicyclic) bond motifs is 1. The number of halogens is 2. The normalized spacial score (nSPS) is 19.9. The molecule has 3 N–H and O–H groups in total. The van der Waals surface area contributed by atoms with Gasteiger partial charge in [0, 0.05) is 12.0 Å². The summed E-state index contributed by atoms with van der Waals surface area (Å²) < 4.78 is 25.9. The maximum Gasteiger partial charge on any atom is 0.261 e. The number of rotatable bonds is 1.